The van der Waals surface area contributed by atoms with Crippen molar-refractivity contribution in [1.82, 2.24) is 5.43 Å². The van der Waals surface area contributed by atoms with Crippen LogP contribution in [0.2, 0.25) is 5.02 Å². The van der Waals surface area contributed by atoms with Crippen LogP contribution in [0.4, 0.5) is 10.1 Å². The molecule has 0 saturated carbocycles. The molecule has 136 valence electrons. The van der Waals surface area contributed by atoms with Gasteiger partial charge in [-0.15, -0.1) is 0 Å². The molecule has 0 spiro atoms. The molecule has 2 N–H and O–H groups in total. The van der Waals surface area contributed by atoms with Crippen molar-refractivity contribution in [3.05, 3.63) is 63.3 Å². The first kappa shape index (κ1) is 20.1. The third kappa shape index (κ3) is 6.24. The van der Waals surface area contributed by atoms with E-state index in [0.717, 1.165) is 10.7 Å². The molecule has 0 saturated heterocycles. The number of hydrogen-bond acceptors (Lipinski definition) is 3. The van der Waals surface area contributed by atoms with E-state index in [1.54, 1.807) is 6.07 Å². The molecule has 0 radical (unpaired) electrons. The summed E-state index contributed by atoms with van der Waals surface area (Å²) >= 11 is 9.19. The van der Waals surface area contributed by atoms with E-state index in [1.165, 1.54) is 18.2 Å². The van der Waals surface area contributed by atoms with Gasteiger partial charge in [-0.25, -0.2) is 9.82 Å². The summed E-state index contributed by atoms with van der Waals surface area (Å²) in [7, 11) is 0. The fourth-order valence-corrected chi connectivity index (χ4v) is 2.64. The van der Waals surface area contributed by atoms with Gasteiger partial charge in [0, 0.05) is 22.9 Å². The monoisotopic (exact) mass is 439 g/mol. The molecule has 0 unspecified atom stereocenters. The van der Waals surface area contributed by atoms with E-state index in [1.807, 2.05) is 18.2 Å². The van der Waals surface area contributed by atoms with Crippen molar-refractivity contribution in [3.8, 4) is 0 Å². The van der Waals surface area contributed by atoms with Crippen molar-refractivity contribution in [2.45, 2.75) is 19.3 Å². The van der Waals surface area contributed by atoms with E-state index < -0.39 is 5.82 Å². The molecule has 0 aliphatic rings. The highest BCUT2D eigenvalue weighted by atomic mass is 79.9. The SMILES string of the molecule is O=C(CCCC(=O)Nc1ccccc1Br)N/N=C\c1c(F)cccc1Cl. The topological polar surface area (TPSA) is 70.6 Å². The van der Waals surface area contributed by atoms with E-state index in [0.29, 0.717) is 12.1 Å². The lowest BCUT2D eigenvalue weighted by atomic mass is 10.2. The molecule has 8 heteroatoms. The van der Waals surface area contributed by atoms with E-state index in [4.69, 9.17) is 11.6 Å². The number of nitrogens with zero attached hydrogens (tertiary/aromatic N) is 1. The van der Waals surface area contributed by atoms with E-state index in [-0.39, 0.29) is 35.2 Å². The molecule has 0 heterocycles. The summed E-state index contributed by atoms with van der Waals surface area (Å²) in [6.45, 7) is 0. The Morgan fingerprint density at radius 1 is 1.12 bits per heavy atom. The average Bonchev–Trinajstić information content (AvgIpc) is 2.59. The van der Waals surface area contributed by atoms with Crippen LogP contribution >= 0.6 is 27.5 Å². The lowest BCUT2D eigenvalue weighted by Gasteiger charge is -2.06. The van der Waals surface area contributed by atoms with Crippen LogP contribution in [0.5, 0.6) is 0 Å². The number of amides is 2. The van der Waals surface area contributed by atoms with Crippen LogP contribution in [0, 0.1) is 5.82 Å². The van der Waals surface area contributed by atoms with Crippen LogP contribution < -0.4 is 10.7 Å². The van der Waals surface area contributed by atoms with Gasteiger partial charge in [-0.3, -0.25) is 9.59 Å². The Morgan fingerprint density at radius 3 is 2.58 bits per heavy atom. The number of rotatable bonds is 7. The highest BCUT2D eigenvalue weighted by molar-refractivity contribution is 9.10. The first-order valence-electron chi connectivity index (χ1n) is 7.77. The Morgan fingerprint density at radius 2 is 1.85 bits per heavy atom. The number of hydrazone groups is 1. The van der Waals surface area contributed by atoms with Gasteiger partial charge in [-0.1, -0.05) is 29.8 Å². The zero-order valence-corrected chi connectivity index (χ0v) is 16.0. The first-order chi connectivity index (χ1) is 12.5. The van der Waals surface area contributed by atoms with Gasteiger partial charge in [0.25, 0.3) is 0 Å². The van der Waals surface area contributed by atoms with Crippen LogP contribution in [0.3, 0.4) is 0 Å². The average molecular weight is 441 g/mol. The summed E-state index contributed by atoms with van der Waals surface area (Å²) in [4.78, 5) is 23.6. The number of anilines is 1. The third-order valence-electron chi connectivity index (χ3n) is 3.34. The van der Waals surface area contributed by atoms with Crippen molar-refractivity contribution in [2.24, 2.45) is 5.10 Å². The molecule has 0 atom stereocenters. The number of para-hydroxylation sites is 1. The lowest BCUT2D eigenvalue weighted by Crippen LogP contribution is -2.18. The van der Waals surface area contributed by atoms with Crippen molar-refractivity contribution < 1.29 is 14.0 Å². The second kappa shape index (κ2) is 10.0. The lowest BCUT2D eigenvalue weighted by molar-refractivity contribution is -0.121. The Labute approximate surface area is 163 Å². The maximum atomic E-state index is 13.5. The molecule has 2 amide bonds. The Kier molecular flexibility index (Phi) is 7.74. The summed E-state index contributed by atoms with van der Waals surface area (Å²) in [5, 5.41) is 6.64. The van der Waals surface area contributed by atoms with Crippen molar-refractivity contribution >= 4 is 51.2 Å². The maximum absolute atomic E-state index is 13.5. The number of halogens is 3. The largest absolute Gasteiger partial charge is 0.325 e. The molecule has 0 aliphatic carbocycles. The van der Waals surface area contributed by atoms with Crippen molar-refractivity contribution in [2.75, 3.05) is 5.32 Å². The Hall–Kier alpha value is -2.25. The molecule has 0 aliphatic heterocycles. The number of carbonyl (C=O) groups excluding carboxylic acids is 2. The van der Waals surface area contributed by atoms with Crippen LogP contribution in [0.1, 0.15) is 24.8 Å². The molecule has 0 aromatic heterocycles. The highest BCUT2D eigenvalue weighted by Gasteiger charge is 2.07. The molecule has 5 nitrogen and oxygen atoms in total. The molecule has 0 bridgehead atoms. The van der Waals surface area contributed by atoms with Crippen molar-refractivity contribution in [3.63, 3.8) is 0 Å². The predicted octanol–water partition coefficient (Wildman–Crippen LogP) is 4.50. The second-order valence-corrected chi connectivity index (χ2v) is 6.57. The smallest absolute Gasteiger partial charge is 0.240 e. The molecule has 26 heavy (non-hydrogen) atoms. The van der Waals surface area contributed by atoms with Gasteiger partial charge in [-0.05, 0) is 46.6 Å². The summed E-state index contributed by atoms with van der Waals surface area (Å²) in [5.41, 5.74) is 3.06. The minimum atomic E-state index is -0.528. The Bertz CT molecular complexity index is 810. The minimum Gasteiger partial charge on any atom is -0.325 e. The molecule has 2 aromatic carbocycles. The fourth-order valence-electron chi connectivity index (χ4n) is 2.04. The van der Waals surface area contributed by atoms with Gasteiger partial charge in [0.05, 0.1) is 16.9 Å². The number of benzene rings is 2. The summed E-state index contributed by atoms with van der Waals surface area (Å²) in [6.07, 6.45) is 1.82. The minimum absolute atomic E-state index is 0.0993. The van der Waals surface area contributed by atoms with Crippen LogP contribution in [0.15, 0.2) is 52.0 Å². The Balaban J connectivity index is 1.73. The summed E-state index contributed by atoms with van der Waals surface area (Å²) < 4.78 is 14.3. The quantitative estimate of drug-likeness (QED) is 0.491. The second-order valence-electron chi connectivity index (χ2n) is 5.31. The fraction of sp³-hybridized carbons (Fsp3) is 0.167. The van der Waals surface area contributed by atoms with Crippen LogP contribution in [0.25, 0.3) is 0 Å². The number of carbonyl (C=O) groups is 2. The number of nitrogens with one attached hydrogen (secondary N) is 2. The van der Waals surface area contributed by atoms with Gasteiger partial charge in [0.2, 0.25) is 11.8 Å². The highest BCUT2D eigenvalue weighted by Crippen LogP contribution is 2.21. The zero-order valence-electron chi connectivity index (χ0n) is 13.6. The van der Waals surface area contributed by atoms with Gasteiger partial charge >= 0.3 is 0 Å². The van der Waals surface area contributed by atoms with Gasteiger partial charge in [0.1, 0.15) is 5.82 Å². The molecule has 2 aromatic rings. The molecular formula is C18H16BrClFN3O2. The first-order valence-corrected chi connectivity index (χ1v) is 8.95. The predicted molar refractivity (Wildman–Crippen MR) is 104 cm³/mol. The molecule has 2 rings (SSSR count). The third-order valence-corrected chi connectivity index (χ3v) is 4.36. The summed E-state index contributed by atoms with van der Waals surface area (Å²) in [6, 6.07) is 11.5. The van der Waals surface area contributed by atoms with E-state index in [2.05, 4.69) is 31.8 Å². The normalized spacial score (nSPS) is 10.7. The van der Waals surface area contributed by atoms with Crippen LogP contribution in [-0.4, -0.2) is 18.0 Å². The molecule has 0 fully saturated rings. The van der Waals surface area contributed by atoms with Crippen LogP contribution in [-0.2, 0) is 9.59 Å². The summed E-state index contributed by atoms with van der Waals surface area (Å²) in [5.74, 6) is -1.09. The van der Waals surface area contributed by atoms with E-state index >= 15 is 0 Å². The number of hydrogen-bond donors (Lipinski definition) is 2. The van der Waals surface area contributed by atoms with Gasteiger partial charge in [0.15, 0.2) is 0 Å². The molecular weight excluding hydrogens is 425 g/mol. The van der Waals surface area contributed by atoms with E-state index in [9.17, 15) is 14.0 Å². The maximum Gasteiger partial charge on any atom is 0.240 e. The van der Waals surface area contributed by atoms with Crippen molar-refractivity contribution in [1.29, 1.82) is 0 Å². The zero-order chi connectivity index (χ0) is 18.9. The van der Waals surface area contributed by atoms with Gasteiger partial charge < -0.3 is 5.32 Å². The van der Waals surface area contributed by atoms with Gasteiger partial charge in [-0.2, -0.15) is 5.10 Å². The standard InChI is InChI=1S/C18H16BrClFN3O2/c19-13-5-1-2-8-16(13)23-17(25)9-4-10-18(26)24-22-11-12-14(20)6-3-7-15(12)21/h1-3,5-8,11H,4,9-10H2,(H,23,25)(H,24,26)/b22-11-.